The molecule has 4 heterocycles. The van der Waals surface area contributed by atoms with Crippen molar-refractivity contribution in [1.29, 1.82) is 0 Å². The second-order valence-corrected chi connectivity index (χ2v) is 11.0. The molecule has 1 N–H and O–H groups in total. The number of nitrogens with zero attached hydrogens (tertiary/aromatic N) is 3. The summed E-state index contributed by atoms with van der Waals surface area (Å²) >= 11 is 0. The Balaban J connectivity index is 1.04. The molecule has 1 aromatic heterocycles. The fraction of sp³-hybridized carbons (Fsp3) is 0.500. The zero-order chi connectivity index (χ0) is 23.9. The summed E-state index contributed by atoms with van der Waals surface area (Å²) in [4.78, 5) is 24.2. The van der Waals surface area contributed by atoms with Crippen LogP contribution in [-0.4, -0.2) is 65.0 Å². The summed E-state index contributed by atoms with van der Waals surface area (Å²) in [7, 11) is 0. The van der Waals surface area contributed by atoms with Crippen molar-refractivity contribution >= 4 is 22.5 Å². The summed E-state index contributed by atoms with van der Waals surface area (Å²) in [5.41, 5.74) is 5.98. The number of nitrogens with one attached hydrogen (secondary N) is 1. The predicted octanol–water partition coefficient (Wildman–Crippen LogP) is 5.39. The smallest absolute Gasteiger partial charge is 0.270 e. The monoisotopic (exact) mass is 470 g/mol. The second kappa shape index (κ2) is 9.34. The summed E-state index contributed by atoms with van der Waals surface area (Å²) in [5, 5.41) is 1.12. The lowest BCUT2D eigenvalue weighted by Crippen LogP contribution is -2.48. The number of hydrogen-bond acceptors (Lipinski definition) is 3. The number of anilines is 1. The number of rotatable bonds is 5. The van der Waals surface area contributed by atoms with Gasteiger partial charge < -0.3 is 19.7 Å². The number of likely N-dealkylation sites (tertiary alicyclic amines) is 2. The Morgan fingerprint density at radius 3 is 2.71 bits per heavy atom. The van der Waals surface area contributed by atoms with Crippen LogP contribution in [0.25, 0.3) is 10.9 Å². The molecule has 0 bridgehead atoms. The number of piperidine rings is 1. The largest absolute Gasteiger partial charge is 0.365 e. The first-order valence-electron chi connectivity index (χ1n) is 13.6. The average molecular weight is 471 g/mol. The van der Waals surface area contributed by atoms with E-state index >= 15 is 0 Å². The maximum atomic E-state index is 13.4. The van der Waals surface area contributed by atoms with E-state index in [1.165, 1.54) is 36.1 Å². The Labute approximate surface area is 209 Å². The Kier molecular flexibility index (Phi) is 6.05. The molecule has 3 aliphatic heterocycles. The third kappa shape index (κ3) is 4.35. The van der Waals surface area contributed by atoms with Crippen molar-refractivity contribution in [2.24, 2.45) is 0 Å². The van der Waals surface area contributed by atoms with Gasteiger partial charge in [0.2, 0.25) is 0 Å². The van der Waals surface area contributed by atoms with Crippen molar-refractivity contribution in [2.45, 2.75) is 70.5 Å². The van der Waals surface area contributed by atoms with Gasteiger partial charge >= 0.3 is 0 Å². The van der Waals surface area contributed by atoms with Crippen molar-refractivity contribution in [1.82, 2.24) is 14.8 Å². The molecule has 3 aliphatic rings. The number of aryl methyl sites for hydroxylation is 1. The van der Waals surface area contributed by atoms with Gasteiger partial charge in [0, 0.05) is 60.9 Å². The van der Waals surface area contributed by atoms with E-state index in [0.717, 1.165) is 62.0 Å². The first-order chi connectivity index (χ1) is 17.1. The number of fused-ring (bicyclic) bond motifs is 2. The second-order valence-electron chi connectivity index (χ2n) is 11.0. The number of amides is 1. The highest BCUT2D eigenvalue weighted by atomic mass is 16.2. The van der Waals surface area contributed by atoms with E-state index < -0.39 is 0 Å². The Morgan fingerprint density at radius 2 is 1.86 bits per heavy atom. The standard InChI is InChI=1S/C30H38N4O/c1-21-9-10-23-20-28(31-27(23)18-21)30(35)33-14-5-7-25(33)11-15-32-16-12-26(13-17-32)34-22(2)19-24-6-3-4-8-29(24)34/h3-4,6,8-10,18,20,22,25-26,31H,5,7,11-17,19H2,1-2H3/t22?,25-/m0/s1. The molecule has 5 heteroatoms. The number of para-hydroxylation sites is 1. The van der Waals surface area contributed by atoms with E-state index in [0.29, 0.717) is 18.1 Å². The lowest BCUT2D eigenvalue weighted by Gasteiger charge is -2.40. The van der Waals surface area contributed by atoms with Crippen molar-refractivity contribution in [3.8, 4) is 0 Å². The molecule has 0 radical (unpaired) electrons. The number of carbonyl (C=O) groups excluding carboxylic acids is 1. The number of aromatic amines is 1. The van der Waals surface area contributed by atoms with E-state index in [2.05, 4.69) is 76.0 Å². The molecule has 6 rings (SSSR count). The quantitative estimate of drug-likeness (QED) is 0.544. The van der Waals surface area contributed by atoms with Crippen LogP contribution in [0.2, 0.25) is 0 Å². The van der Waals surface area contributed by atoms with Crippen LogP contribution in [0.15, 0.2) is 48.5 Å². The average Bonchev–Trinajstić information content (AvgIpc) is 3.58. The number of hydrogen-bond donors (Lipinski definition) is 1. The van der Waals surface area contributed by atoms with Gasteiger partial charge in [-0.05, 0) is 81.7 Å². The van der Waals surface area contributed by atoms with Gasteiger partial charge in [-0.1, -0.05) is 30.3 Å². The van der Waals surface area contributed by atoms with Gasteiger partial charge in [0.05, 0.1) is 0 Å². The molecule has 1 amide bonds. The van der Waals surface area contributed by atoms with Gasteiger partial charge in [-0.15, -0.1) is 0 Å². The molecule has 184 valence electrons. The Hall–Kier alpha value is -2.79. The zero-order valence-corrected chi connectivity index (χ0v) is 21.2. The van der Waals surface area contributed by atoms with E-state index in [1.54, 1.807) is 0 Å². The Morgan fingerprint density at radius 1 is 1.03 bits per heavy atom. The van der Waals surface area contributed by atoms with E-state index in [1.807, 2.05) is 6.07 Å². The van der Waals surface area contributed by atoms with Crippen LogP contribution in [0.4, 0.5) is 5.69 Å². The molecule has 0 saturated carbocycles. The molecule has 2 aromatic carbocycles. The van der Waals surface area contributed by atoms with Crippen molar-refractivity contribution in [2.75, 3.05) is 31.1 Å². The SMILES string of the molecule is Cc1ccc2cc(C(=O)N3CCC[C@H]3CCN3CCC(N4c5ccccc5CC4C)CC3)[nH]c2c1. The molecule has 0 aliphatic carbocycles. The Bertz CT molecular complexity index is 1210. The van der Waals surface area contributed by atoms with Crippen molar-refractivity contribution < 1.29 is 4.79 Å². The third-order valence-corrected chi connectivity index (χ3v) is 8.64. The van der Waals surface area contributed by atoms with Crippen LogP contribution >= 0.6 is 0 Å². The summed E-state index contributed by atoms with van der Waals surface area (Å²) in [5.74, 6) is 0.168. The normalized spacial score (nSPS) is 23.4. The molecule has 1 unspecified atom stereocenters. The van der Waals surface area contributed by atoms with E-state index in [4.69, 9.17) is 0 Å². The minimum absolute atomic E-state index is 0.168. The molecule has 5 nitrogen and oxygen atoms in total. The van der Waals surface area contributed by atoms with Gasteiger partial charge in [-0.3, -0.25) is 4.79 Å². The van der Waals surface area contributed by atoms with Gasteiger partial charge in [-0.2, -0.15) is 0 Å². The van der Waals surface area contributed by atoms with Crippen LogP contribution in [-0.2, 0) is 6.42 Å². The molecule has 0 spiro atoms. The summed E-state index contributed by atoms with van der Waals surface area (Å²) < 4.78 is 0. The molecule has 3 aromatic rings. The first-order valence-corrected chi connectivity index (χ1v) is 13.6. The molecule has 2 fully saturated rings. The fourth-order valence-corrected chi connectivity index (χ4v) is 6.81. The minimum atomic E-state index is 0.168. The topological polar surface area (TPSA) is 42.6 Å². The minimum Gasteiger partial charge on any atom is -0.365 e. The zero-order valence-electron chi connectivity index (χ0n) is 21.2. The highest BCUT2D eigenvalue weighted by Gasteiger charge is 2.34. The maximum absolute atomic E-state index is 13.4. The van der Waals surface area contributed by atoms with Crippen LogP contribution < -0.4 is 4.90 Å². The van der Waals surface area contributed by atoms with Crippen LogP contribution in [0, 0.1) is 6.92 Å². The molecule has 2 saturated heterocycles. The summed E-state index contributed by atoms with van der Waals surface area (Å²) in [6, 6.07) is 18.9. The number of carbonyl (C=O) groups is 1. The van der Waals surface area contributed by atoms with Gasteiger partial charge in [0.1, 0.15) is 5.69 Å². The van der Waals surface area contributed by atoms with Crippen molar-refractivity contribution in [3.05, 3.63) is 65.4 Å². The van der Waals surface area contributed by atoms with Crippen LogP contribution in [0.1, 0.15) is 60.6 Å². The highest BCUT2D eigenvalue weighted by molar-refractivity contribution is 5.98. The van der Waals surface area contributed by atoms with Crippen molar-refractivity contribution in [3.63, 3.8) is 0 Å². The molecule has 2 atom stereocenters. The number of benzene rings is 2. The fourth-order valence-electron chi connectivity index (χ4n) is 6.81. The van der Waals surface area contributed by atoms with Gasteiger partial charge in [0.25, 0.3) is 5.91 Å². The van der Waals surface area contributed by atoms with Gasteiger partial charge in [0.15, 0.2) is 0 Å². The highest BCUT2D eigenvalue weighted by Crippen LogP contribution is 2.36. The van der Waals surface area contributed by atoms with E-state index in [9.17, 15) is 4.79 Å². The van der Waals surface area contributed by atoms with Gasteiger partial charge in [-0.25, -0.2) is 0 Å². The predicted molar refractivity (Wildman–Crippen MR) is 143 cm³/mol. The first kappa shape index (κ1) is 22.7. The lowest BCUT2D eigenvalue weighted by molar-refractivity contribution is 0.0712. The number of H-pyrrole nitrogens is 1. The summed E-state index contributed by atoms with van der Waals surface area (Å²) in [6.07, 6.45) is 6.98. The maximum Gasteiger partial charge on any atom is 0.270 e. The molecular weight excluding hydrogens is 432 g/mol. The van der Waals surface area contributed by atoms with Crippen LogP contribution in [0.3, 0.4) is 0 Å². The number of aromatic nitrogens is 1. The lowest BCUT2D eigenvalue weighted by atomic mass is 10.0. The molecule has 35 heavy (non-hydrogen) atoms. The molecular formula is C30H38N4O. The third-order valence-electron chi connectivity index (χ3n) is 8.64. The summed E-state index contributed by atoms with van der Waals surface area (Å²) in [6.45, 7) is 8.78. The van der Waals surface area contributed by atoms with E-state index in [-0.39, 0.29) is 5.91 Å². The van der Waals surface area contributed by atoms with Crippen LogP contribution in [0.5, 0.6) is 0 Å².